The van der Waals surface area contributed by atoms with Gasteiger partial charge in [-0.25, -0.2) is 15.0 Å². The number of rotatable bonds is 6. The smallest absolute Gasteiger partial charge is 0.164 e. The number of benzene rings is 8. The summed E-state index contributed by atoms with van der Waals surface area (Å²) >= 11 is 0. The molecule has 1 aliphatic carbocycles. The summed E-state index contributed by atoms with van der Waals surface area (Å²) in [4.78, 5) is 14.7. The first-order chi connectivity index (χ1) is 27.9. The molecule has 0 amide bonds. The van der Waals surface area contributed by atoms with E-state index in [9.17, 15) is 5.26 Å². The molecule has 0 atom stereocenters. The van der Waals surface area contributed by atoms with Crippen molar-refractivity contribution in [3.05, 3.63) is 199 Å². The van der Waals surface area contributed by atoms with Gasteiger partial charge in [0.2, 0.25) is 0 Å². The Kier molecular flexibility index (Phi) is 8.17. The molecule has 0 saturated carbocycles. The van der Waals surface area contributed by atoms with Crippen molar-refractivity contribution < 1.29 is 0 Å². The SMILES string of the molecule is CC1(C)c2cc(C#N)ccc2-c2ccc(-c3ccc(-c4ccc(-c5ccc(-c6nc(-c7ccccc7)nc(-c7ccccc7)n6)cc5)c5ccccc45)cc3)cc21. The summed E-state index contributed by atoms with van der Waals surface area (Å²) in [5.41, 5.74) is 15.4. The molecule has 1 aliphatic rings. The Morgan fingerprint density at radius 2 is 0.754 bits per heavy atom. The van der Waals surface area contributed by atoms with Crippen molar-refractivity contribution in [1.82, 2.24) is 15.0 Å². The van der Waals surface area contributed by atoms with Crippen molar-refractivity contribution in [3.63, 3.8) is 0 Å². The van der Waals surface area contributed by atoms with Gasteiger partial charge >= 0.3 is 0 Å². The van der Waals surface area contributed by atoms with Crippen LogP contribution in [-0.2, 0) is 5.41 Å². The molecule has 0 aliphatic heterocycles. The quantitative estimate of drug-likeness (QED) is 0.171. The molecule has 10 rings (SSSR count). The average Bonchev–Trinajstić information content (AvgIpc) is 3.51. The van der Waals surface area contributed by atoms with Crippen LogP contribution in [0.1, 0.15) is 30.5 Å². The van der Waals surface area contributed by atoms with Gasteiger partial charge in [-0.2, -0.15) is 5.26 Å². The van der Waals surface area contributed by atoms with Crippen LogP contribution in [0.2, 0.25) is 0 Å². The number of nitriles is 1. The molecule has 8 aromatic carbocycles. The molecule has 1 heterocycles. The molecule has 1 aromatic heterocycles. The molecule has 9 aromatic rings. The second-order valence-electron chi connectivity index (χ2n) is 15.2. The molecule has 0 bridgehead atoms. The van der Waals surface area contributed by atoms with E-state index in [2.05, 4.69) is 135 Å². The highest BCUT2D eigenvalue weighted by Gasteiger charge is 2.35. The number of aromatic nitrogens is 3. The minimum atomic E-state index is -0.181. The third-order valence-corrected chi connectivity index (χ3v) is 11.4. The van der Waals surface area contributed by atoms with E-state index in [1.165, 1.54) is 60.8 Å². The van der Waals surface area contributed by atoms with E-state index in [1.54, 1.807) is 0 Å². The summed E-state index contributed by atoms with van der Waals surface area (Å²) in [6.07, 6.45) is 0. The Labute approximate surface area is 332 Å². The zero-order chi connectivity index (χ0) is 38.5. The first kappa shape index (κ1) is 34.0. The summed E-state index contributed by atoms with van der Waals surface area (Å²) in [6, 6.07) is 65.9. The van der Waals surface area contributed by atoms with E-state index >= 15 is 0 Å². The van der Waals surface area contributed by atoms with Crippen LogP contribution in [0.15, 0.2) is 182 Å². The van der Waals surface area contributed by atoms with Crippen molar-refractivity contribution in [1.29, 1.82) is 5.26 Å². The number of fused-ring (bicyclic) bond motifs is 4. The Hall–Kier alpha value is -7.48. The van der Waals surface area contributed by atoms with Gasteiger partial charge in [-0.1, -0.05) is 178 Å². The Morgan fingerprint density at radius 3 is 1.26 bits per heavy atom. The lowest BCUT2D eigenvalue weighted by molar-refractivity contribution is 0.660. The van der Waals surface area contributed by atoms with Crippen molar-refractivity contribution in [2.24, 2.45) is 0 Å². The van der Waals surface area contributed by atoms with Gasteiger partial charge in [0.15, 0.2) is 17.5 Å². The molecule has 4 heteroatoms. The van der Waals surface area contributed by atoms with Gasteiger partial charge in [0, 0.05) is 22.1 Å². The topological polar surface area (TPSA) is 62.5 Å². The van der Waals surface area contributed by atoms with Crippen LogP contribution in [0.4, 0.5) is 0 Å². The lowest BCUT2D eigenvalue weighted by atomic mass is 9.81. The van der Waals surface area contributed by atoms with Gasteiger partial charge in [-0.05, 0) is 84.6 Å². The van der Waals surface area contributed by atoms with Gasteiger partial charge in [0.25, 0.3) is 0 Å². The number of nitrogens with zero attached hydrogens (tertiary/aromatic N) is 4. The first-order valence-corrected chi connectivity index (χ1v) is 19.2. The van der Waals surface area contributed by atoms with Crippen molar-refractivity contribution >= 4 is 10.8 Å². The molecule has 0 spiro atoms. The third kappa shape index (κ3) is 5.98. The molecular weight excluding hydrogens is 693 g/mol. The Morgan fingerprint density at radius 1 is 0.368 bits per heavy atom. The zero-order valence-corrected chi connectivity index (χ0v) is 31.6. The van der Waals surface area contributed by atoms with Crippen molar-refractivity contribution in [2.45, 2.75) is 19.3 Å². The maximum Gasteiger partial charge on any atom is 0.164 e. The summed E-state index contributed by atoms with van der Waals surface area (Å²) in [5.74, 6) is 1.94. The molecule has 0 unspecified atom stereocenters. The van der Waals surface area contributed by atoms with Crippen LogP contribution in [0.5, 0.6) is 0 Å². The van der Waals surface area contributed by atoms with Crippen LogP contribution in [0.3, 0.4) is 0 Å². The molecule has 0 N–H and O–H groups in total. The van der Waals surface area contributed by atoms with Gasteiger partial charge in [0.1, 0.15) is 0 Å². The van der Waals surface area contributed by atoms with Crippen LogP contribution >= 0.6 is 0 Å². The standard InChI is InChI=1S/C53H36N4/c1-53(2)48-31-34(33-54)17-27-46(48)47-28-26-41(32-49(47)53)35-18-20-36(21-19-35)42-29-30-43(45-16-10-9-15-44(42)45)37-22-24-40(25-23-37)52-56-50(38-11-5-3-6-12-38)55-51(57-52)39-13-7-4-8-14-39/h3-32H,1-2H3. The predicted molar refractivity (Wildman–Crippen MR) is 232 cm³/mol. The summed E-state index contributed by atoms with van der Waals surface area (Å²) in [6.45, 7) is 4.51. The molecule has 0 fully saturated rings. The normalized spacial score (nSPS) is 12.5. The fourth-order valence-corrected chi connectivity index (χ4v) is 8.37. The monoisotopic (exact) mass is 728 g/mol. The fraction of sp³-hybridized carbons (Fsp3) is 0.0566. The number of hydrogen-bond acceptors (Lipinski definition) is 4. The maximum atomic E-state index is 9.54. The van der Waals surface area contributed by atoms with Crippen molar-refractivity contribution in [3.8, 4) is 84.7 Å². The van der Waals surface area contributed by atoms with E-state index in [4.69, 9.17) is 15.0 Å². The number of hydrogen-bond donors (Lipinski definition) is 0. The minimum absolute atomic E-state index is 0.181. The lowest BCUT2D eigenvalue weighted by Gasteiger charge is -2.22. The zero-order valence-electron chi connectivity index (χ0n) is 31.6. The van der Waals surface area contributed by atoms with Crippen molar-refractivity contribution in [2.75, 3.05) is 0 Å². The molecule has 0 radical (unpaired) electrons. The highest BCUT2D eigenvalue weighted by atomic mass is 15.0. The van der Waals surface area contributed by atoms with Gasteiger partial charge in [-0.3, -0.25) is 0 Å². The second kappa shape index (κ2) is 13.7. The second-order valence-corrected chi connectivity index (χ2v) is 15.2. The highest BCUT2D eigenvalue weighted by molar-refractivity contribution is 6.05. The Balaban J connectivity index is 0.962. The molecular formula is C53H36N4. The van der Waals surface area contributed by atoms with E-state index in [1.807, 2.05) is 66.7 Å². The van der Waals surface area contributed by atoms with Crippen LogP contribution in [-0.4, -0.2) is 15.0 Å². The minimum Gasteiger partial charge on any atom is -0.208 e. The van der Waals surface area contributed by atoms with E-state index in [0.717, 1.165) is 22.3 Å². The summed E-state index contributed by atoms with van der Waals surface area (Å²) in [5, 5.41) is 11.9. The summed E-state index contributed by atoms with van der Waals surface area (Å²) in [7, 11) is 0. The fourth-order valence-electron chi connectivity index (χ4n) is 8.37. The van der Waals surface area contributed by atoms with E-state index in [0.29, 0.717) is 23.0 Å². The van der Waals surface area contributed by atoms with Crippen LogP contribution in [0.25, 0.3) is 89.4 Å². The highest BCUT2D eigenvalue weighted by Crippen LogP contribution is 2.50. The summed E-state index contributed by atoms with van der Waals surface area (Å²) < 4.78 is 0. The van der Waals surface area contributed by atoms with Crippen LogP contribution in [0, 0.1) is 11.3 Å². The van der Waals surface area contributed by atoms with Gasteiger partial charge in [-0.15, -0.1) is 0 Å². The van der Waals surface area contributed by atoms with Crippen LogP contribution < -0.4 is 0 Å². The molecule has 57 heavy (non-hydrogen) atoms. The first-order valence-electron chi connectivity index (χ1n) is 19.2. The van der Waals surface area contributed by atoms with Gasteiger partial charge in [0.05, 0.1) is 11.6 Å². The predicted octanol–water partition coefficient (Wildman–Crippen LogP) is 13.2. The maximum absolute atomic E-state index is 9.54. The largest absolute Gasteiger partial charge is 0.208 e. The molecule has 268 valence electrons. The average molecular weight is 729 g/mol. The van der Waals surface area contributed by atoms with E-state index in [-0.39, 0.29) is 5.41 Å². The van der Waals surface area contributed by atoms with Gasteiger partial charge < -0.3 is 0 Å². The third-order valence-electron chi connectivity index (χ3n) is 11.4. The molecule has 4 nitrogen and oxygen atoms in total. The van der Waals surface area contributed by atoms with E-state index < -0.39 is 0 Å². The molecule has 0 saturated heterocycles. The Bertz CT molecular complexity index is 2960. The lowest BCUT2D eigenvalue weighted by Crippen LogP contribution is -2.15.